The third-order valence-corrected chi connectivity index (χ3v) is 3.04. The zero-order valence-corrected chi connectivity index (χ0v) is 13.4. The van der Waals surface area contributed by atoms with Crippen LogP contribution in [0.25, 0.3) is 0 Å². The van der Waals surface area contributed by atoms with Gasteiger partial charge in [-0.15, -0.1) is 6.42 Å². The summed E-state index contributed by atoms with van der Waals surface area (Å²) >= 11 is 0. The molecule has 0 spiro atoms. The lowest BCUT2D eigenvalue weighted by Crippen LogP contribution is -2.29. The van der Waals surface area contributed by atoms with Crippen LogP contribution in [0.5, 0.6) is 5.75 Å². The minimum atomic E-state index is -0.724. The van der Waals surface area contributed by atoms with Crippen LogP contribution in [0.2, 0.25) is 0 Å². The lowest BCUT2D eigenvalue weighted by Gasteiger charge is -2.17. The van der Waals surface area contributed by atoms with E-state index < -0.39 is 18.0 Å². The van der Waals surface area contributed by atoms with Crippen LogP contribution in [-0.2, 0) is 4.74 Å². The van der Waals surface area contributed by atoms with Crippen molar-refractivity contribution in [2.24, 2.45) is 0 Å². The number of hydrogen-bond acceptors (Lipinski definition) is 4. The lowest BCUT2D eigenvalue weighted by molar-refractivity contribution is 0.176. The number of carbonyl (C=O) groups excluding carboxylic acids is 2. The lowest BCUT2D eigenvalue weighted by atomic mass is 10.3. The predicted molar refractivity (Wildman–Crippen MR) is 91.1 cm³/mol. The fourth-order valence-corrected chi connectivity index (χ4v) is 1.86. The fourth-order valence-electron chi connectivity index (χ4n) is 1.86. The maximum Gasteiger partial charge on any atom is 0.419 e. The van der Waals surface area contributed by atoms with Gasteiger partial charge in [0.15, 0.2) is 6.61 Å². The number of amides is 2. The summed E-state index contributed by atoms with van der Waals surface area (Å²) in [7, 11) is 1.45. The summed E-state index contributed by atoms with van der Waals surface area (Å²) in [6, 6.07) is 11.7. The molecule has 1 N–H and O–H groups in total. The van der Waals surface area contributed by atoms with Crippen molar-refractivity contribution < 1.29 is 23.5 Å². The molecule has 6 nitrogen and oxygen atoms in total. The molecule has 0 aliphatic heterocycles. The molecule has 25 heavy (non-hydrogen) atoms. The van der Waals surface area contributed by atoms with Crippen molar-refractivity contribution in [1.82, 2.24) is 0 Å². The quantitative estimate of drug-likeness (QED) is 0.862. The van der Waals surface area contributed by atoms with Crippen LogP contribution in [0.4, 0.5) is 25.4 Å². The first kappa shape index (κ1) is 17.8. The molecule has 128 valence electrons. The van der Waals surface area contributed by atoms with Crippen LogP contribution in [0.3, 0.4) is 0 Å². The predicted octanol–water partition coefficient (Wildman–Crippen LogP) is 3.64. The molecule has 0 aliphatic carbocycles. The van der Waals surface area contributed by atoms with Crippen molar-refractivity contribution in [3.8, 4) is 18.1 Å². The van der Waals surface area contributed by atoms with E-state index >= 15 is 0 Å². The van der Waals surface area contributed by atoms with Gasteiger partial charge in [0, 0.05) is 24.5 Å². The van der Waals surface area contributed by atoms with Gasteiger partial charge in [0.1, 0.15) is 11.6 Å². The minimum absolute atomic E-state index is 0.154. The molecule has 2 rings (SSSR count). The van der Waals surface area contributed by atoms with Crippen molar-refractivity contribution in [2.75, 3.05) is 23.9 Å². The first-order valence-electron chi connectivity index (χ1n) is 7.18. The zero-order chi connectivity index (χ0) is 18.2. The van der Waals surface area contributed by atoms with Crippen molar-refractivity contribution >= 4 is 23.6 Å². The largest absolute Gasteiger partial charge is 0.436 e. The number of hydrogen-bond donors (Lipinski definition) is 1. The molecule has 0 atom stereocenters. The van der Waals surface area contributed by atoms with Gasteiger partial charge >= 0.3 is 12.2 Å². The minimum Gasteiger partial charge on any atom is -0.436 e. The Morgan fingerprint density at radius 3 is 2.72 bits per heavy atom. The van der Waals surface area contributed by atoms with E-state index in [0.717, 1.165) is 4.90 Å². The number of halogens is 1. The van der Waals surface area contributed by atoms with E-state index in [2.05, 4.69) is 16.0 Å². The van der Waals surface area contributed by atoms with E-state index in [0.29, 0.717) is 11.4 Å². The van der Waals surface area contributed by atoms with Crippen molar-refractivity contribution in [3.05, 3.63) is 54.3 Å². The highest BCUT2D eigenvalue weighted by atomic mass is 19.1. The van der Waals surface area contributed by atoms with Crippen LogP contribution in [0.1, 0.15) is 0 Å². The number of terminal acetylenes is 1. The standard InChI is InChI=1S/C18H15FN2O4/c1-3-10-24-17(22)20-14-7-5-9-16(12-14)25-18(23)21(2)15-8-4-6-13(19)11-15/h1,4-9,11-12H,10H2,2H3,(H,20,22). The molecule has 2 amide bonds. The molecule has 0 saturated carbocycles. The van der Waals surface area contributed by atoms with Crippen LogP contribution < -0.4 is 15.0 Å². The zero-order valence-electron chi connectivity index (χ0n) is 13.4. The topological polar surface area (TPSA) is 67.9 Å². The molecule has 0 unspecified atom stereocenters. The summed E-state index contributed by atoms with van der Waals surface area (Å²) in [5, 5.41) is 2.45. The van der Waals surface area contributed by atoms with Gasteiger partial charge in [0.25, 0.3) is 0 Å². The number of rotatable bonds is 4. The molecule has 0 saturated heterocycles. The molecule has 0 heterocycles. The Balaban J connectivity index is 2.02. The molecule has 2 aromatic carbocycles. The van der Waals surface area contributed by atoms with E-state index in [1.807, 2.05) is 0 Å². The fraction of sp³-hybridized carbons (Fsp3) is 0.111. The summed E-state index contributed by atoms with van der Waals surface area (Å²) in [4.78, 5) is 24.8. The first-order chi connectivity index (χ1) is 12.0. The first-order valence-corrected chi connectivity index (χ1v) is 7.18. The van der Waals surface area contributed by atoms with Gasteiger partial charge in [-0.1, -0.05) is 18.1 Å². The van der Waals surface area contributed by atoms with Crippen LogP contribution in [-0.4, -0.2) is 25.8 Å². The molecule has 7 heteroatoms. The maximum atomic E-state index is 13.2. The smallest absolute Gasteiger partial charge is 0.419 e. The molecule has 2 aromatic rings. The molecular formula is C18H15FN2O4. The highest BCUT2D eigenvalue weighted by molar-refractivity contribution is 5.89. The number of carbonyl (C=O) groups is 2. The number of anilines is 2. The normalized spacial score (nSPS) is 9.64. The Labute approximate surface area is 144 Å². The Bertz CT molecular complexity index is 817. The van der Waals surface area contributed by atoms with E-state index in [9.17, 15) is 14.0 Å². The van der Waals surface area contributed by atoms with E-state index in [1.54, 1.807) is 18.2 Å². The summed E-state index contributed by atoms with van der Waals surface area (Å²) < 4.78 is 23.1. The Kier molecular flexibility index (Phi) is 5.96. The van der Waals surface area contributed by atoms with Gasteiger partial charge < -0.3 is 9.47 Å². The highest BCUT2D eigenvalue weighted by Gasteiger charge is 2.14. The van der Waals surface area contributed by atoms with Crippen LogP contribution in [0.15, 0.2) is 48.5 Å². The molecular weight excluding hydrogens is 327 g/mol. The van der Waals surface area contributed by atoms with E-state index in [4.69, 9.17) is 11.2 Å². The third kappa shape index (κ3) is 5.25. The van der Waals surface area contributed by atoms with E-state index in [-0.39, 0.29) is 12.4 Å². The van der Waals surface area contributed by atoms with Crippen LogP contribution in [0, 0.1) is 18.2 Å². The summed E-state index contributed by atoms with van der Waals surface area (Å²) in [6.07, 6.45) is 3.56. The van der Waals surface area contributed by atoms with Gasteiger partial charge in [-0.2, -0.15) is 0 Å². The molecule has 0 bridgehead atoms. The van der Waals surface area contributed by atoms with E-state index in [1.165, 1.54) is 37.4 Å². The number of benzene rings is 2. The van der Waals surface area contributed by atoms with Gasteiger partial charge in [0.2, 0.25) is 0 Å². The average Bonchev–Trinajstić information content (AvgIpc) is 2.59. The number of nitrogens with one attached hydrogen (secondary N) is 1. The highest BCUT2D eigenvalue weighted by Crippen LogP contribution is 2.20. The Morgan fingerprint density at radius 1 is 1.24 bits per heavy atom. The van der Waals surface area contributed by atoms with Gasteiger partial charge in [-0.05, 0) is 30.3 Å². The Morgan fingerprint density at radius 2 is 2.00 bits per heavy atom. The molecule has 0 aromatic heterocycles. The van der Waals surface area contributed by atoms with Crippen molar-refractivity contribution in [1.29, 1.82) is 0 Å². The Hall–Kier alpha value is -3.53. The second-order valence-corrected chi connectivity index (χ2v) is 4.84. The van der Waals surface area contributed by atoms with Crippen molar-refractivity contribution in [2.45, 2.75) is 0 Å². The van der Waals surface area contributed by atoms with Gasteiger partial charge in [0.05, 0.1) is 0 Å². The second kappa shape index (κ2) is 8.36. The molecule has 0 aliphatic rings. The van der Waals surface area contributed by atoms with Gasteiger partial charge in [-0.25, -0.2) is 14.0 Å². The monoisotopic (exact) mass is 342 g/mol. The SMILES string of the molecule is C#CCOC(=O)Nc1cccc(OC(=O)N(C)c2cccc(F)c2)c1. The van der Waals surface area contributed by atoms with Gasteiger partial charge in [-0.3, -0.25) is 10.2 Å². The average molecular weight is 342 g/mol. The molecule has 0 fully saturated rings. The van der Waals surface area contributed by atoms with Crippen molar-refractivity contribution in [3.63, 3.8) is 0 Å². The summed E-state index contributed by atoms with van der Waals surface area (Å²) in [5.74, 6) is 1.90. The summed E-state index contributed by atoms with van der Waals surface area (Å²) in [6.45, 7) is -0.154. The maximum absolute atomic E-state index is 13.2. The number of nitrogens with zero attached hydrogens (tertiary/aromatic N) is 1. The number of ether oxygens (including phenoxy) is 2. The third-order valence-electron chi connectivity index (χ3n) is 3.04. The second-order valence-electron chi connectivity index (χ2n) is 4.84. The van der Waals surface area contributed by atoms with Crippen LogP contribution >= 0.6 is 0 Å². The molecule has 0 radical (unpaired) electrons. The summed E-state index contributed by atoms with van der Waals surface area (Å²) in [5.41, 5.74) is 0.706.